The van der Waals surface area contributed by atoms with E-state index in [0.29, 0.717) is 23.6 Å². The average Bonchev–Trinajstić information content (AvgIpc) is 3.01. The number of ether oxygens (including phenoxy) is 2. The summed E-state index contributed by atoms with van der Waals surface area (Å²) in [7, 11) is 0. The fourth-order valence-electron chi connectivity index (χ4n) is 6.00. The molecule has 0 unspecified atom stereocenters. The molecule has 5 rings (SSSR count). The molecule has 1 aliphatic carbocycles. The summed E-state index contributed by atoms with van der Waals surface area (Å²) in [5.74, 6) is -6.40. The first-order valence-corrected chi connectivity index (χ1v) is 14.9. The van der Waals surface area contributed by atoms with E-state index in [4.69, 9.17) is 0 Å². The van der Waals surface area contributed by atoms with Crippen LogP contribution < -0.4 is 9.47 Å². The van der Waals surface area contributed by atoms with Crippen molar-refractivity contribution in [1.82, 2.24) is 0 Å². The van der Waals surface area contributed by atoms with Crippen molar-refractivity contribution in [2.24, 2.45) is 5.92 Å². The highest BCUT2D eigenvalue weighted by atomic mass is 19.3. The van der Waals surface area contributed by atoms with Crippen molar-refractivity contribution < 1.29 is 44.6 Å². The highest BCUT2D eigenvalue weighted by Crippen LogP contribution is 2.40. The minimum atomic E-state index is -4.42. The molecule has 1 saturated carbocycles. The van der Waals surface area contributed by atoms with E-state index in [1.54, 1.807) is 6.07 Å². The third-order valence-electron chi connectivity index (χ3n) is 8.31. The third kappa shape index (κ3) is 7.54. The molecule has 10 heteroatoms. The van der Waals surface area contributed by atoms with E-state index < -0.39 is 52.5 Å². The lowest BCUT2D eigenvalue weighted by molar-refractivity contribution is -0.187. The van der Waals surface area contributed by atoms with Crippen LogP contribution in [0, 0.1) is 29.2 Å². The molecule has 0 amide bonds. The van der Waals surface area contributed by atoms with Gasteiger partial charge in [-0.15, -0.1) is 0 Å². The molecule has 242 valence electrons. The van der Waals surface area contributed by atoms with E-state index in [2.05, 4.69) is 28.5 Å². The number of benzene rings is 4. The molecule has 2 nitrogen and oxygen atoms in total. The normalized spacial score (nSPS) is 16.6. The Balaban J connectivity index is 1.29. The smallest absolute Gasteiger partial charge is 0.429 e. The summed E-state index contributed by atoms with van der Waals surface area (Å²) < 4.78 is 121. The number of alkyl halides is 2. The quantitative estimate of drug-likeness (QED) is 0.126. The van der Waals surface area contributed by atoms with Crippen molar-refractivity contribution in [2.75, 3.05) is 0 Å². The predicted molar refractivity (Wildman–Crippen MR) is 159 cm³/mol. The molecule has 46 heavy (non-hydrogen) atoms. The van der Waals surface area contributed by atoms with Gasteiger partial charge in [0, 0.05) is 17.7 Å². The Hall–Kier alpha value is -4.34. The summed E-state index contributed by atoms with van der Waals surface area (Å²) >= 11 is 0. The minimum absolute atomic E-state index is 0.0261. The first-order chi connectivity index (χ1) is 21.9. The van der Waals surface area contributed by atoms with E-state index in [1.165, 1.54) is 43.4 Å². The Kier molecular flexibility index (Phi) is 10.0. The Morgan fingerprint density at radius 3 is 1.93 bits per heavy atom. The van der Waals surface area contributed by atoms with Gasteiger partial charge in [-0.05, 0) is 78.0 Å². The molecule has 0 saturated heterocycles. The molecule has 0 radical (unpaired) electrons. The van der Waals surface area contributed by atoms with Crippen LogP contribution in [0.1, 0.15) is 62.5 Å². The van der Waals surface area contributed by atoms with Crippen molar-refractivity contribution in [3.63, 3.8) is 0 Å². The van der Waals surface area contributed by atoms with E-state index in [9.17, 15) is 30.7 Å². The van der Waals surface area contributed by atoms with Crippen LogP contribution in [0.15, 0.2) is 85.1 Å². The SMILES string of the molecule is CCCC1CCC(c2ccc(-c3ccc(-c4ccc(C(F)(F)Oc5cc(F)c(OC=C(F)F)c(F)c5)c(F)c4)c(F)c3)cc2)CC1. The molecule has 0 aromatic heterocycles. The van der Waals surface area contributed by atoms with Crippen LogP contribution in [-0.2, 0) is 6.11 Å². The second-order valence-corrected chi connectivity index (χ2v) is 11.4. The van der Waals surface area contributed by atoms with Gasteiger partial charge in [-0.2, -0.15) is 17.6 Å². The first kappa shape index (κ1) is 33.0. The summed E-state index contributed by atoms with van der Waals surface area (Å²) in [6, 6.07) is 15.4. The van der Waals surface area contributed by atoms with Gasteiger partial charge in [0.1, 0.15) is 17.4 Å². The Labute approximate surface area is 261 Å². The van der Waals surface area contributed by atoms with Crippen molar-refractivity contribution in [1.29, 1.82) is 0 Å². The summed E-state index contributed by atoms with van der Waals surface area (Å²) in [5, 5.41) is 0. The van der Waals surface area contributed by atoms with Crippen molar-refractivity contribution in [3.8, 4) is 33.8 Å². The van der Waals surface area contributed by atoms with Crippen LogP contribution in [-0.4, -0.2) is 0 Å². The molecule has 0 bridgehead atoms. The summed E-state index contributed by atoms with van der Waals surface area (Å²) in [5.41, 5.74) is 1.31. The zero-order valence-electron chi connectivity index (χ0n) is 24.7. The van der Waals surface area contributed by atoms with Gasteiger partial charge in [-0.1, -0.05) is 62.2 Å². The number of hydrogen-bond donors (Lipinski definition) is 0. The third-order valence-corrected chi connectivity index (χ3v) is 8.31. The van der Waals surface area contributed by atoms with Gasteiger partial charge < -0.3 is 9.47 Å². The van der Waals surface area contributed by atoms with Gasteiger partial charge in [0.05, 0.1) is 5.56 Å². The van der Waals surface area contributed by atoms with Crippen LogP contribution in [0.3, 0.4) is 0 Å². The molecule has 4 aromatic rings. The Morgan fingerprint density at radius 2 is 1.35 bits per heavy atom. The lowest BCUT2D eigenvalue weighted by Crippen LogP contribution is -2.23. The van der Waals surface area contributed by atoms with E-state index >= 15 is 4.39 Å². The van der Waals surface area contributed by atoms with Crippen molar-refractivity contribution >= 4 is 0 Å². The molecule has 0 atom stereocenters. The van der Waals surface area contributed by atoms with E-state index in [0.717, 1.165) is 30.4 Å². The lowest BCUT2D eigenvalue weighted by atomic mass is 9.77. The van der Waals surface area contributed by atoms with Gasteiger partial charge in [0.2, 0.25) is 0 Å². The average molecular weight is 647 g/mol. The van der Waals surface area contributed by atoms with E-state index in [1.807, 2.05) is 12.1 Å². The minimum Gasteiger partial charge on any atom is -0.453 e. The van der Waals surface area contributed by atoms with Gasteiger partial charge in [0.15, 0.2) is 23.6 Å². The van der Waals surface area contributed by atoms with E-state index in [-0.39, 0.29) is 29.5 Å². The zero-order chi connectivity index (χ0) is 33.0. The molecule has 1 aliphatic rings. The van der Waals surface area contributed by atoms with Gasteiger partial charge in [-0.3, -0.25) is 0 Å². The van der Waals surface area contributed by atoms with Crippen LogP contribution >= 0.6 is 0 Å². The summed E-state index contributed by atoms with van der Waals surface area (Å²) in [4.78, 5) is 0. The van der Waals surface area contributed by atoms with Gasteiger partial charge >= 0.3 is 12.2 Å². The maximum Gasteiger partial charge on any atom is 0.429 e. The number of hydrogen-bond acceptors (Lipinski definition) is 2. The van der Waals surface area contributed by atoms with Crippen molar-refractivity contribution in [3.05, 3.63) is 120 Å². The Bertz CT molecular complexity index is 1680. The highest BCUT2D eigenvalue weighted by Gasteiger charge is 2.38. The maximum absolute atomic E-state index is 15.2. The summed E-state index contributed by atoms with van der Waals surface area (Å²) in [6.45, 7) is 2.22. The standard InChI is InChI=1S/C36H30F8O2/c1-2-3-21-4-6-22(7-5-21)23-8-10-24(11-9-23)25-12-14-28(30(37)16-25)26-13-15-29(31(38)17-26)36(43,44)46-27-18-32(39)35(33(40)19-27)45-20-34(41)42/h8-22H,2-7H2,1H3. The molecule has 0 N–H and O–H groups in total. The molecular formula is C36H30F8O2. The first-order valence-electron chi connectivity index (χ1n) is 14.9. The second-order valence-electron chi connectivity index (χ2n) is 11.4. The molecule has 0 aliphatic heterocycles. The monoisotopic (exact) mass is 646 g/mol. The Morgan fingerprint density at radius 1 is 0.739 bits per heavy atom. The molecule has 0 spiro atoms. The van der Waals surface area contributed by atoms with Crippen LogP contribution in [0.25, 0.3) is 22.3 Å². The predicted octanol–water partition coefficient (Wildman–Crippen LogP) is 11.9. The van der Waals surface area contributed by atoms with Crippen LogP contribution in [0.5, 0.6) is 11.5 Å². The lowest BCUT2D eigenvalue weighted by Gasteiger charge is -2.28. The molecule has 0 heterocycles. The van der Waals surface area contributed by atoms with Gasteiger partial charge in [-0.25, -0.2) is 17.6 Å². The molecular weight excluding hydrogens is 616 g/mol. The van der Waals surface area contributed by atoms with Gasteiger partial charge in [0.25, 0.3) is 0 Å². The highest BCUT2D eigenvalue weighted by molar-refractivity contribution is 5.71. The van der Waals surface area contributed by atoms with Crippen LogP contribution in [0.4, 0.5) is 35.1 Å². The zero-order valence-corrected chi connectivity index (χ0v) is 24.7. The largest absolute Gasteiger partial charge is 0.453 e. The number of rotatable bonds is 10. The fraction of sp³-hybridized carbons (Fsp3) is 0.278. The molecule has 1 fully saturated rings. The summed E-state index contributed by atoms with van der Waals surface area (Å²) in [6.07, 6.45) is 0.214. The van der Waals surface area contributed by atoms with Crippen LogP contribution in [0.2, 0.25) is 0 Å². The topological polar surface area (TPSA) is 18.5 Å². The molecule has 4 aromatic carbocycles. The maximum atomic E-state index is 15.2. The van der Waals surface area contributed by atoms with Crippen molar-refractivity contribution in [2.45, 2.75) is 57.5 Å². The second kappa shape index (κ2) is 14.0. The number of halogens is 8. The fourth-order valence-corrected chi connectivity index (χ4v) is 6.00.